The van der Waals surface area contributed by atoms with Gasteiger partial charge in [-0.1, -0.05) is 0 Å². The fourth-order valence-electron chi connectivity index (χ4n) is 1.26. The Morgan fingerprint density at radius 2 is 1.94 bits per heavy atom. The van der Waals surface area contributed by atoms with E-state index in [1.54, 1.807) is 20.8 Å². The summed E-state index contributed by atoms with van der Waals surface area (Å²) >= 11 is 0. The average molecular weight is 239 g/mol. The number of esters is 1. The maximum Gasteiger partial charge on any atom is 0.340 e. The van der Waals surface area contributed by atoms with Crippen molar-refractivity contribution >= 4 is 11.7 Å². The molecule has 0 unspecified atom stereocenters. The number of nitrogens with two attached hydrogens (primary N) is 1. The number of carbonyl (C=O) groups is 1. The summed E-state index contributed by atoms with van der Waals surface area (Å²) in [7, 11) is 1.40. The molecule has 0 saturated heterocycles. The Morgan fingerprint density at radius 3 is 2.41 bits per heavy atom. The van der Waals surface area contributed by atoms with E-state index in [4.69, 9.17) is 15.2 Å². The molecular weight excluding hydrogens is 222 g/mol. The predicted octanol–water partition coefficient (Wildman–Crippen LogP) is 1.94. The van der Waals surface area contributed by atoms with Crippen LogP contribution in [-0.4, -0.2) is 23.8 Å². The van der Waals surface area contributed by atoms with Crippen molar-refractivity contribution in [2.45, 2.75) is 26.4 Å². The highest BCUT2D eigenvalue weighted by molar-refractivity contribution is 5.97. The van der Waals surface area contributed by atoms with Crippen LogP contribution in [0.5, 0.6) is 11.5 Å². The Kier molecular flexibility index (Phi) is 3.50. The third kappa shape index (κ3) is 3.03. The van der Waals surface area contributed by atoms with Gasteiger partial charge in [0.15, 0.2) is 11.5 Å². The first-order valence-electron chi connectivity index (χ1n) is 5.15. The molecule has 0 spiro atoms. The zero-order valence-corrected chi connectivity index (χ0v) is 10.4. The summed E-state index contributed by atoms with van der Waals surface area (Å²) in [6.45, 7) is 5.26. The van der Waals surface area contributed by atoms with Crippen molar-refractivity contribution in [1.29, 1.82) is 0 Å². The first-order chi connectivity index (χ1) is 7.76. The van der Waals surface area contributed by atoms with Crippen molar-refractivity contribution in [3.63, 3.8) is 0 Å². The minimum absolute atomic E-state index is 0.0430. The molecule has 0 aromatic heterocycles. The highest BCUT2D eigenvalue weighted by Crippen LogP contribution is 2.35. The number of methoxy groups -OCH3 is 1. The molecule has 0 aliphatic carbocycles. The van der Waals surface area contributed by atoms with Crippen LogP contribution in [0.4, 0.5) is 5.69 Å². The van der Waals surface area contributed by atoms with Gasteiger partial charge in [0.1, 0.15) is 5.60 Å². The molecule has 0 atom stereocenters. The van der Waals surface area contributed by atoms with E-state index in [-0.39, 0.29) is 22.7 Å². The molecule has 3 N–H and O–H groups in total. The van der Waals surface area contributed by atoms with E-state index in [9.17, 15) is 9.90 Å². The lowest BCUT2D eigenvalue weighted by Gasteiger charge is -2.20. The van der Waals surface area contributed by atoms with Crippen LogP contribution in [0.25, 0.3) is 0 Å². The van der Waals surface area contributed by atoms with E-state index >= 15 is 0 Å². The summed E-state index contributed by atoms with van der Waals surface area (Å²) < 4.78 is 10.0. The van der Waals surface area contributed by atoms with Crippen LogP contribution in [0, 0.1) is 0 Å². The number of aromatic hydroxyl groups is 1. The fraction of sp³-hybridized carbons (Fsp3) is 0.417. The second-order valence-corrected chi connectivity index (χ2v) is 4.58. The molecule has 0 amide bonds. The SMILES string of the molecule is COc1ccc(C(=O)OC(C)(C)C)c(N)c1O. The largest absolute Gasteiger partial charge is 0.503 e. The molecule has 0 radical (unpaired) electrons. The van der Waals surface area contributed by atoms with Crippen molar-refractivity contribution in [2.24, 2.45) is 0 Å². The van der Waals surface area contributed by atoms with E-state index in [2.05, 4.69) is 0 Å². The second-order valence-electron chi connectivity index (χ2n) is 4.58. The Balaban J connectivity index is 3.08. The zero-order valence-electron chi connectivity index (χ0n) is 10.4. The Hall–Kier alpha value is -1.91. The number of ether oxygens (including phenoxy) is 2. The monoisotopic (exact) mass is 239 g/mol. The summed E-state index contributed by atoms with van der Waals surface area (Å²) in [5.41, 5.74) is 5.12. The number of hydrogen-bond acceptors (Lipinski definition) is 5. The summed E-state index contributed by atoms with van der Waals surface area (Å²) in [4.78, 5) is 11.8. The molecule has 5 heteroatoms. The third-order valence-corrected chi connectivity index (χ3v) is 2.02. The fourth-order valence-corrected chi connectivity index (χ4v) is 1.26. The molecule has 94 valence electrons. The zero-order chi connectivity index (χ0) is 13.2. The molecule has 0 fully saturated rings. The summed E-state index contributed by atoms with van der Waals surface area (Å²) in [5, 5.41) is 9.67. The smallest absolute Gasteiger partial charge is 0.340 e. The number of hydrogen-bond donors (Lipinski definition) is 2. The van der Waals surface area contributed by atoms with Crippen molar-refractivity contribution in [3.8, 4) is 11.5 Å². The molecule has 0 aliphatic heterocycles. The lowest BCUT2D eigenvalue weighted by molar-refractivity contribution is 0.00704. The van der Waals surface area contributed by atoms with E-state index in [1.165, 1.54) is 19.2 Å². The van der Waals surface area contributed by atoms with Gasteiger partial charge in [0, 0.05) is 0 Å². The summed E-state index contributed by atoms with van der Waals surface area (Å²) in [6.07, 6.45) is 0. The van der Waals surface area contributed by atoms with Gasteiger partial charge in [-0.25, -0.2) is 4.79 Å². The molecule has 0 aliphatic rings. The van der Waals surface area contributed by atoms with Crippen LogP contribution < -0.4 is 10.5 Å². The second kappa shape index (κ2) is 4.53. The first-order valence-corrected chi connectivity index (χ1v) is 5.15. The topological polar surface area (TPSA) is 81.8 Å². The molecule has 1 rings (SSSR count). The van der Waals surface area contributed by atoms with Crippen molar-refractivity contribution in [3.05, 3.63) is 17.7 Å². The Morgan fingerprint density at radius 1 is 1.35 bits per heavy atom. The molecular formula is C12H17NO4. The number of nitrogen functional groups attached to an aromatic ring is 1. The molecule has 0 heterocycles. The molecule has 0 saturated carbocycles. The number of phenols is 1. The number of benzene rings is 1. The minimum atomic E-state index is -0.612. The van der Waals surface area contributed by atoms with E-state index in [0.717, 1.165) is 0 Å². The van der Waals surface area contributed by atoms with Gasteiger partial charge in [-0.15, -0.1) is 0 Å². The van der Waals surface area contributed by atoms with Gasteiger partial charge in [0.2, 0.25) is 0 Å². The molecule has 5 nitrogen and oxygen atoms in total. The van der Waals surface area contributed by atoms with Crippen LogP contribution in [0.2, 0.25) is 0 Å². The van der Waals surface area contributed by atoms with E-state index < -0.39 is 11.6 Å². The number of anilines is 1. The van der Waals surface area contributed by atoms with Crippen LogP contribution in [0.15, 0.2) is 12.1 Å². The van der Waals surface area contributed by atoms with Gasteiger partial charge in [-0.3, -0.25) is 0 Å². The number of carbonyl (C=O) groups excluding carboxylic acids is 1. The van der Waals surface area contributed by atoms with Gasteiger partial charge in [0.25, 0.3) is 0 Å². The van der Waals surface area contributed by atoms with E-state index in [0.29, 0.717) is 0 Å². The van der Waals surface area contributed by atoms with Crippen LogP contribution in [-0.2, 0) is 4.74 Å². The van der Waals surface area contributed by atoms with Crippen molar-refractivity contribution in [2.75, 3.05) is 12.8 Å². The lowest BCUT2D eigenvalue weighted by atomic mass is 10.1. The lowest BCUT2D eigenvalue weighted by Crippen LogP contribution is -2.24. The highest BCUT2D eigenvalue weighted by atomic mass is 16.6. The maximum atomic E-state index is 11.8. The highest BCUT2D eigenvalue weighted by Gasteiger charge is 2.22. The normalized spacial score (nSPS) is 11.1. The Labute approximate surface area is 100 Å². The number of phenolic OH excluding ortho intramolecular Hbond substituents is 1. The van der Waals surface area contributed by atoms with E-state index in [1.807, 2.05) is 0 Å². The maximum absolute atomic E-state index is 11.8. The molecule has 17 heavy (non-hydrogen) atoms. The Bertz CT molecular complexity index is 435. The van der Waals surface area contributed by atoms with Crippen molar-refractivity contribution < 1.29 is 19.4 Å². The van der Waals surface area contributed by atoms with Crippen LogP contribution in [0.3, 0.4) is 0 Å². The molecule has 1 aromatic rings. The first kappa shape index (κ1) is 13.2. The van der Waals surface area contributed by atoms with Gasteiger partial charge in [-0.2, -0.15) is 0 Å². The quantitative estimate of drug-likeness (QED) is 0.468. The van der Waals surface area contributed by atoms with Gasteiger partial charge in [-0.05, 0) is 32.9 Å². The number of rotatable bonds is 2. The summed E-state index contributed by atoms with van der Waals surface area (Å²) in [5.74, 6) is -0.612. The molecule has 1 aromatic carbocycles. The average Bonchev–Trinajstić information content (AvgIpc) is 2.19. The van der Waals surface area contributed by atoms with Gasteiger partial charge >= 0.3 is 5.97 Å². The van der Waals surface area contributed by atoms with Crippen LogP contribution >= 0.6 is 0 Å². The third-order valence-electron chi connectivity index (χ3n) is 2.02. The van der Waals surface area contributed by atoms with Crippen LogP contribution in [0.1, 0.15) is 31.1 Å². The predicted molar refractivity (Wildman–Crippen MR) is 64.2 cm³/mol. The van der Waals surface area contributed by atoms with Gasteiger partial charge < -0.3 is 20.3 Å². The standard InChI is InChI=1S/C12H17NO4/c1-12(2,3)17-11(15)7-5-6-8(16-4)10(14)9(7)13/h5-6,14H,13H2,1-4H3. The van der Waals surface area contributed by atoms with Gasteiger partial charge in [0.05, 0.1) is 18.4 Å². The van der Waals surface area contributed by atoms with Crippen molar-refractivity contribution in [1.82, 2.24) is 0 Å². The molecule has 0 bridgehead atoms. The minimum Gasteiger partial charge on any atom is -0.503 e. The summed E-state index contributed by atoms with van der Waals surface area (Å²) in [6, 6.07) is 2.92.